The molecule has 1 fully saturated rings. The molecule has 0 unspecified atom stereocenters. The molecule has 1 heterocycles. The Morgan fingerprint density at radius 1 is 1.50 bits per heavy atom. The summed E-state index contributed by atoms with van der Waals surface area (Å²) < 4.78 is 0. The third-order valence-electron chi connectivity index (χ3n) is 2.22. The van der Waals surface area contributed by atoms with Crippen molar-refractivity contribution in [2.45, 2.75) is 38.8 Å². The summed E-state index contributed by atoms with van der Waals surface area (Å²) in [6, 6.07) is 1.10. The third-order valence-corrected chi connectivity index (χ3v) is 2.22. The maximum Gasteiger partial charge on any atom is 0.0168 e. The highest BCUT2D eigenvalue weighted by molar-refractivity contribution is 4.76. The minimum absolute atomic E-state index is 0.427. The zero-order valence-corrected chi connectivity index (χ0v) is 7.01. The van der Waals surface area contributed by atoms with E-state index in [9.17, 15) is 0 Å². The van der Waals surface area contributed by atoms with Crippen LogP contribution in [0.4, 0.5) is 0 Å². The number of piperidine rings is 1. The number of hydrogen-bond acceptors (Lipinski definition) is 2. The summed E-state index contributed by atoms with van der Waals surface area (Å²) >= 11 is 0. The first-order chi connectivity index (χ1) is 4.70. The monoisotopic (exact) mass is 142 g/mol. The molecule has 1 aliphatic rings. The maximum atomic E-state index is 5.82. The van der Waals surface area contributed by atoms with Crippen LogP contribution in [-0.4, -0.2) is 30.1 Å². The van der Waals surface area contributed by atoms with E-state index in [4.69, 9.17) is 5.73 Å². The molecule has 10 heavy (non-hydrogen) atoms. The molecule has 0 amide bonds. The first-order valence-corrected chi connectivity index (χ1v) is 4.20. The van der Waals surface area contributed by atoms with Crippen LogP contribution in [0.3, 0.4) is 0 Å². The van der Waals surface area contributed by atoms with Gasteiger partial charge in [-0.25, -0.2) is 0 Å². The lowest BCUT2D eigenvalue weighted by Crippen LogP contribution is -2.45. The van der Waals surface area contributed by atoms with E-state index in [1.54, 1.807) is 0 Å². The van der Waals surface area contributed by atoms with Crippen LogP contribution < -0.4 is 5.73 Å². The van der Waals surface area contributed by atoms with E-state index in [0.717, 1.165) is 6.54 Å². The second kappa shape index (κ2) is 3.35. The van der Waals surface area contributed by atoms with Crippen LogP contribution in [0.15, 0.2) is 0 Å². The molecular formula is C8H18N2. The molecule has 0 aromatic heterocycles. The lowest BCUT2D eigenvalue weighted by atomic mass is 10.1. The van der Waals surface area contributed by atoms with Gasteiger partial charge in [0.15, 0.2) is 0 Å². The van der Waals surface area contributed by atoms with Gasteiger partial charge in [-0.15, -0.1) is 0 Å². The molecule has 1 saturated heterocycles. The molecule has 0 spiro atoms. The Morgan fingerprint density at radius 3 is 2.60 bits per heavy atom. The summed E-state index contributed by atoms with van der Waals surface area (Å²) in [5.41, 5.74) is 5.82. The zero-order chi connectivity index (χ0) is 7.56. The van der Waals surface area contributed by atoms with Gasteiger partial charge in [0, 0.05) is 18.6 Å². The van der Waals surface area contributed by atoms with E-state index >= 15 is 0 Å². The topological polar surface area (TPSA) is 29.3 Å². The molecule has 0 aromatic rings. The molecule has 2 nitrogen and oxygen atoms in total. The van der Waals surface area contributed by atoms with Crippen molar-refractivity contribution in [1.29, 1.82) is 0 Å². The van der Waals surface area contributed by atoms with Gasteiger partial charge in [0.1, 0.15) is 0 Å². The Labute approximate surface area is 63.4 Å². The largest absolute Gasteiger partial charge is 0.327 e. The van der Waals surface area contributed by atoms with Crippen LogP contribution >= 0.6 is 0 Å². The lowest BCUT2D eigenvalue weighted by Gasteiger charge is -2.33. The summed E-state index contributed by atoms with van der Waals surface area (Å²) in [4.78, 5) is 2.45. The number of nitrogens with two attached hydrogens (primary N) is 1. The van der Waals surface area contributed by atoms with Gasteiger partial charge in [-0.05, 0) is 33.2 Å². The molecule has 1 atom stereocenters. The van der Waals surface area contributed by atoms with Crippen LogP contribution in [0, 0.1) is 0 Å². The third kappa shape index (κ3) is 1.96. The van der Waals surface area contributed by atoms with Crippen LogP contribution in [0.5, 0.6) is 0 Å². The molecule has 2 N–H and O–H groups in total. The summed E-state index contributed by atoms with van der Waals surface area (Å²) in [5.74, 6) is 0. The van der Waals surface area contributed by atoms with Gasteiger partial charge < -0.3 is 5.73 Å². The van der Waals surface area contributed by atoms with E-state index in [2.05, 4.69) is 18.7 Å². The number of hydrogen-bond donors (Lipinski definition) is 1. The van der Waals surface area contributed by atoms with Crippen molar-refractivity contribution in [3.8, 4) is 0 Å². The highest BCUT2D eigenvalue weighted by Crippen LogP contribution is 2.10. The predicted octanol–water partition coefficient (Wildman–Crippen LogP) is 0.818. The van der Waals surface area contributed by atoms with Crippen molar-refractivity contribution in [3.05, 3.63) is 0 Å². The minimum Gasteiger partial charge on any atom is -0.327 e. The van der Waals surface area contributed by atoms with E-state index in [-0.39, 0.29) is 0 Å². The van der Waals surface area contributed by atoms with Crippen molar-refractivity contribution < 1.29 is 0 Å². The number of likely N-dealkylation sites (tertiary alicyclic amines) is 1. The van der Waals surface area contributed by atoms with Crippen LogP contribution in [-0.2, 0) is 0 Å². The Kier molecular flexibility index (Phi) is 2.69. The van der Waals surface area contributed by atoms with Gasteiger partial charge in [-0.3, -0.25) is 4.90 Å². The van der Waals surface area contributed by atoms with E-state index in [1.807, 2.05) is 0 Å². The van der Waals surface area contributed by atoms with Gasteiger partial charge in [0.25, 0.3) is 0 Å². The first kappa shape index (κ1) is 8.02. The Bertz CT molecular complexity index is 101. The standard InChI is InChI=1S/C8H18N2/c1-7(2)10-5-3-4-8(9)6-10/h7-8H,3-6,9H2,1-2H3/t8-/m0/s1. The van der Waals surface area contributed by atoms with Gasteiger partial charge in [0.2, 0.25) is 0 Å². The van der Waals surface area contributed by atoms with E-state index < -0.39 is 0 Å². The Balaban J connectivity index is 2.32. The molecule has 1 aliphatic heterocycles. The normalized spacial score (nSPS) is 29.4. The maximum absolute atomic E-state index is 5.82. The van der Waals surface area contributed by atoms with Gasteiger partial charge in [-0.2, -0.15) is 0 Å². The fourth-order valence-corrected chi connectivity index (χ4v) is 1.51. The van der Waals surface area contributed by atoms with Crippen molar-refractivity contribution in [1.82, 2.24) is 4.90 Å². The minimum atomic E-state index is 0.427. The quantitative estimate of drug-likeness (QED) is 0.587. The summed E-state index contributed by atoms with van der Waals surface area (Å²) in [6.45, 7) is 6.80. The van der Waals surface area contributed by atoms with Crippen molar-refractivity contribution in [2.24, 2.45) is 5.73 Å². The first-order valence-electron chi connectivity index (χ1n) is 4.20. The highest BCUT2D eigenvalue weighted by atomic mass is 15.2. The number of rotatable bonds is 1. The van der Waals surface area contributed by atoms with Gasteiger partial charge in [0.05, 0.1) is 0 Å². The average Bonchev–Trinajstić information content (AvgIpc) is 1.88. The van der Waals surface area contributed by atoms with E-state index in [1.165, 1.54) is 19.4 Å². The second-order valence-electron chi connectivity index (χ2n) is 3.49. The molecule has 0 aliphatic carbocycles. The van der Waals surface area contributed by atoms with Gasteiger partial charge >= 0.3 is 0 Å². The molecule has 1 rings (SSSR count). The Morgan fingerprint density at radius 2 is 2.20 bits per heavy atom. The van der Waals surface area contributed by atoms with E-state index in [0.29, 0.717) is 12.1 Å². The zero-order valence-electron chi connectivity index (χ0n) is 7.01. The molecule has 2 heteroatoms. The smallest absolute Gasteiger partial charge is 0.0168 e. The molecule has 0 bridgehead atoms. The fourth-order valence-electron chi connectivity index (χ4n) is 1.51. The lowest BCUT2D eigenvalue weighted by molar-refractivity contribution is 0.169. The molecule has 0 radical (unpaired) electrons. The van der Waals surface area contributed by atoms with Crippen LogP contribution in [0.25, 0.3) is 0 Å². The highest BCUT2D eigenvalue weighted by Gasteiger charge is 2.17. The summed E-state index contributed by atoms with van der Waals surface area (Å²) in [6.07, 6.45) is 2.49. The molecule has 60 valence electrons. The summed E-state index contributed by atoms with van der Waals surface area (Å²) in [5, 5.41) is 0. The van der Waals surface area contributed by atoms with Crippen molar-refractivity contribution in [2.75, 3.05) is 13.1 Å². The molecule has 0 aromatic carbocycles. The van der Waals surface area contributed by atoms with Crippen molar-refractivity contribution >= 4 is 0 Å². The van der Waals surface area contributed by atoms with Gasteiger partial charge in [-0.1, -0.05) is 0 Å². The summed E-state index contributed by atoms with van der Waals surface area (Å²) in [7, 11) is 0. The number of nitrogens with zero attached hydrogens (tertiary/aromatic N) is 1. The predicted molar refractivity (Wildman–Crippen MR) is 43.9 cm³/mol. The van der Waals surface area contributed by atoms with Crippen molar-refractivity contribution in [3.63, 3.8) is 0 Å². The fraction of sp³-hybridized carbons (Fsp3) is 1.00. The Hall–Kier alpha value is -0.0800. The van der Waals surface area contributed by atoms with Crippen LogP contribution in [0.1, 0.15) is 26.7 Å². The molecule has 0 saturated carbocycles. The second-order valence-corrected chi connectivity index (χ2v) is 3.49. The average molecular weight is 142 g/mol. The molecular weight excluding hydrogens is 124 g/mol. The SMILES string of the molecule is CC(C)N1CCC[C@H](N)C1. The van der Waals surface area contributed by atoms with Crippen LogP contribution in [0.2, 0.25) is 0 Å².